The van der Waals surface area contributed by atoms with E-state index in [0.717, 1.165) is 10.9 Å². The number of carbonyl (C=O) groups is 1. The molecule has 7 nitrogen and oxygen atoms in total. The van der Waals surface area contributed by atoms with Gasteiger partial charge in [0.15, 0.2) is 0 Å². The lowest BCUT2D eigenvalue weighted by Gasteiger charge is -2.09. The minimum atomic E-state index is -3.73. The number of hydrogen-bond donors (Lipinski definition) is 3. The normalized spacial score (nSPS) is 13.8. The summed E-state index contributed by atoms with van der Waals surface area (Å²) in [5, 5.41) is 10.3. The average Bonchev–Trinajstić information content (AvgIpc) is 3.10. The zero-order valence-electron chi connectivity index (χ0n) is 11.8. The summed E-state index contributed by atoms with van der Waals surface area (Å²) >= 11 is 0. The van der Waals surface area contributed by atoms with Gasteiger partial charge in [-0.2, -0.15) is 5.10 Å². The van der Waals surface area contributed by atoms with E-state index in [-0.39, 0.29) is 17.2 Å². The van der Waals surface area contributed by atoms with Crippen LogP contribution in [-0.2, 0) is 21.2 Å². The van der Waals surface area contributed by atoms with Crippen molar-refractivity contribution in [2.24, 2.45) is 0 Å². The molecule has 1 aliphatic heterocycles. The van der Waals surface area contributed by atoms with Crippen molar-refractivity contribution in [3.63, 3.8) is 0 Å². The lowest BCUT2D eigenvalue weighted by atomic mass is 10.2. The molecule has 0 unspecified atom stereocenters. The molecule has 1 amide bonds. The van der Waals surface area contributed by atoms with Gasteiger partial charge in [-0.1, -0.05) is 0 Å². The van der Waals surface area contributed by atoms with Gasteiger partial charge in [-0.3, -0.25) is 14.6 Å². The molecule has 1 aliphatic rings. The van der Waals surface area contributed by atoms with E-state index in [1.54, 1.807) is 30.5 Å². The van der Waals surface area contributed by atoms with E-state index in [9.17, 15) is 13.2 Å². The van der Waals surface area contributed by atoms with Crippen LogP contribution in [0.4, 0.5) is 11.4 Å². The number of rotatable bonds is 3. The number of H-pyrrole nitrogens is 1. The maximum absolute atomic E-state index is 12.5. The number of aromatic nitrogens is 2. The second kappa shape index (κ2) is 4.82. The maximum atomic E-state index is 12.5. The molecule has 0 fully saturated rings. The highest BCUT2D eigenvalue weighted by atomic mass is 32.2. The molecule has 8 heteroatoms. The highest BCUT2D eigenvalue weighted by molar-refractivity contribution is 7.92. The molecule has 0 atom stereocenters. The molecule has 3 N–H and O–H groups in total. The van der Waals surface area contributed by atoms with Gasteiger partial charge in [0.25, 0.3) is 10.0 Å². The average molecular weight is 328 g/mol. The Morgan fingerprint density at radius 2 is 2.00 bits per heavy atom. The second-order valence-electron chi connectivity index (χ2n) is 5.32. The number of anilines is 2. The summed E-state index contributed by atoms with van der Waals surface area (Å²) in [7, 11) is -3.73. The minimum absolute atomic E-state index is 0.123. The number of nitrogens with zero attached hydrogens (tertiary/aromatic N) is 1. The Hall–Kier alpha value is -2.87. The molecule has 116 valence electrons. The van der Waals surface area contributed by atoms with Gasteiger partial charge in [0.1, 0.15) is 0 Å². The molecule has 0 saturated carbocycles. The van der Waals surface area contributed by atoms with Gasteiger partial charge in [-0.15, -0.1) is 0 Å². The van der Waals surface area contributed by atoms with Crippen LogP contribution in [0, 0.1) is 0 Å². The first-order chi connectivity index (χ1) is 11.0. The van der Waals surface area contributed by atoms with Crippen LogP contribution in [0.5, 0.6) is 0 Å². The molecule has 2 aromatic carbocycles. The molecule has 0 aliphatic carbocycles. The molecule has 3 aromatic rings. The molecule has 2 heterocycles. The smallest absolute Gasteiger partial charge is 0.261 e. The molecule has 0 spiro atoms. The van der Waals surface area contributed by atoms with Gasteiger partial charge < -0.3 is 5.32 Å². The third-order valence-electron chi connectivity index (χ3n) is 3.71. The molecule has 0 saturated heterocycles. The molecular formula is C15H12N4O3S. The zero-order valence-corrected chi connectivity index (χ0v) is 12.6. The Morgan fingerprint density at radius 3 is 2.87 bits per heavy atom. The first kappa shape index (κ1) is 13.8. The largest absolute Gasteiger partial charge is 0.326 e. The minimum Gasteiger partial charge on any atom is -0.326 e. The predicted octanol–water partition coefficient (Wildman–Crippen LogP) is 1.86. The summed E-state index contributed by atoms with van der Waals surface area (Å²) in [5.41, 5.74) is 2.53. The molecule has 0 bridgehead atoms. The van der Waals surface area contributed by atoms with Crippen molar-refractivity contribution in [3.05, 3.63) is 48.2 Å². The number of hydrogen-bond acceptors (Lipinski definition) is 4. The fourth-order valence-corrected chi connectivity index (χ4v) is 3.69. The van der Waals surface area contributed by atoms with Crippen molar-refractivity contribution in [1.82, 2.24) is 10.2 Å². The number of amides is 1. The zero-order chi connectivity index (χ0) is 16.0. The third kappa shape index (κ3) is 2.42. The first-order valence-electron chi connectivity index (χ1n) is 6.90. The number of fused-ring (bicyclic) bond motifs is 2. The molecule has 4 rings (SSSR count). The number of benzene rings is 2. The van der Waals surface area contributed by atoms with Crippen molar-refractivity contribution >= 4 is 38.2 Å². The number of carbonyl (C=O) groups excluding carboxylic acids is 1. The summed E-state index contributed by atoms with van der Waals surface area (Å²) in [4.78, 5) is 11.5. The van der Waals surface area contributed by atoms with Crippen LogP contribution in [0.15, 0.2) is 47.5 Å². The number of nitrogens with one attached hydrogen (secondary N) is 3. The van der Waals surface area contributed by atoms with Crippen molar-refractivity contribution in [3.8, 4) is 0 Å². The first-order valence-corrected chi connectivity index (χ1v) is 8.38. The Balaban J connectivity index is 1.67. The standard InChI is InChI=1S/C15H12N4O3S/c20-15-6-10-5-12(3-4-13(10)17-15)23(21,22)19-11-2-1-9-8-16-18-14(9)7-11/h1-5,7-8,19H,6H2,(H,16,18)(H,17,20). The number of aromatic amines is 1. The van der Waals surface area contributed by atoms with E-state index in [2.05, 4.69) is 20.2 Å². The van der Waals surface area contributed by atoms with Crippen LogP contribution in [0.3, 0.4) is 0 Å². The van der Waals surface area contributed by atoms with Gasteiger partial charge in [-0.25, -0.2) is 8.42 Å². The van der Waals surface area contributed by atoms with Gasteiger partial charge in [-0.05, 0) is 42.0 Å². The lowest BCUT2D eigenvalue weighted by Crippen LogP contribution is -2.13. The van der Waals surface area contributed by atoms with Crippen LogP contribution in [0.2, 0.25) is 0 Å². The predicted molar refractivity (Wildman–Crippen MR) is 85.7 cm³/mol. The second-order valence-corrected chi connectivity index (χ2v) is 7.00. The van der Waals surface area contributed by atoms with Gasteiger partial charge in [0.2, 0.25) is 5.91 Å². The van der Waals surface area contributed by atoms with Crippen LogP contribution < -0.4 is 10.0 Å². The van der Waals surface area contributed by atoms with E-state index in [1.807, 2.05) is 0 Å². The SMILES string of the molecule is O=C1Cc2cc(S(=O)(=O)Nc3ccc4cn[nH]c4c3)ccc2N1. The monoisotopic (exact) mass is 328 g/mol. The summed E-state index contributed by atoms with van der Waals surface area (Å²) in [6, 6.07) is 9.73. The van der Waals surface area contributed by atoms with E-state index in [4.69, 9.17) is 0 Å². The van der Waals surface area contributed by atoms with Crippen molar-refractivity contribution in [2.45, 2.75) is 11.3 Å². The quantitative estimate of drug-likeness (QED) is 0.682. The maximum Gasteiger partial charge on any atom is 0.261 e. The summed E-state index contributed by atoms with van der Waals surface area (Å²) < 4.78 is 27.6. The molecule has 0 radical (unpaired) electrons. The highest BCUT2D eigenvalue weighted by Gasteiger charge is 2.22. The molecule has 23 heavy (non-hydrogen) atoms. The van der Waals surface area contributed by atoms with E-state index in [0.29, 0.717) is 16.9 Å². The Kier molecular flexibility index (Phi) is 2.88. The van der Waals surface area contributed by atoms with Gasteiger partial charge >= 0.3 is 0 Å². The van der Waals surface area contributed by atoms with Crippen LogP contribution >= 0.6 is 0 Å². The molecular weight excluding hydrogens is 316 g/mol. The fourth-order valence-electron chi connectivity index (χ4n) is 2.59. The third-order valence-corrected chi connectivity index (χ3v) is 5.09. The van der Waals surface area contributed by atoms with Crippen LogP contribution in [0.25, 0.3) is 10.9 Å². The fraction of sp³-hybridized carbons (Fsp3) is 0.0667. The highest BCUT2D eigenvalue weighted by Crippen LogP contribution is 2.27. The Labute approximate surface area is 131 Å². The van der Waals surface area contributed by atoms with Crippen LogP contribution in [0.1, 0.15) is 5.56 Å². The summed E-state index contributed by atoms with van der Waals surface area (Å²) in [6.45, 7) is 0. The van der Waals surface area contributed by atoms with Crippen molar-refractivity contribution in [1.29, 1.82) is 0 Å². The molecule has 1 aromatic heterocycles. The Bertz CT molecular complexity index is 1040. The van der Waals surface area contributed by atoms with E-state index < -0.39 is 10.0 Å². The van der Waals surface area contributed by atoms with Crippen molar-refractivity contribution < 1.29 is 13.2 Å². The van der Waals surface area contributed by atoms with Gasteiger partial charge in [0, 0.05) is 11.1 Å². The van der Waals surface area contributed by atoms with Crippen LogP contribution in [-0.4, -0.2) is 24.5 Å². The number of sulfonamides is 1. The lowest BCUT2D eigenvalue weighted by molar-refractivity contribution is -0.115. The Morgan fingerprint density at radius 1 is 1.13 bits per heavy atom. The topological polar surface area (TPSA) is 104 Å². The van der Waals surface area contributed by atoms with Gasteiger partial charge in [0.05, 0.1) is 28.7 Å². The summed E-state index contributed by atoms with van der Waals surface area (Å²) in [6.07, 6.45) is 1.86. The summed E-state index contributed by atoms with van der Waals surface area (Å²) in [5.74, 6) is -0.132. The van der Waals surface area contributed by atoms with E-state index >= 15 is 0 Å². The van der Waals surface area contributed by atoms with Crippen molar-refractivity contribution in [2.75, 3.05) is 10.0 Å². The van der Waals surface area contributed by atoms with E-state index in [1.165, 1.54) is 12.1 Å².